The van der Waals surface area contributed by atoms with Crippen LogP contribution in [-0.4, -0.2) is 11.9 Å². The number of anilines is 2. The molecule has 0 unspecified atom stereocenters. The minimum Gasteiger partial charge on any atom is -0.378 e. The zero-order chi connectivity index (χ0) is 20.5. The van der Waals surface area contributed by atoms with E-state index in [9.17, 15) is 13.6 Å². The van der Waals surface area contributed by atoms with E-state index in [0.29, 0.717) is 28.3 Å². The summed E-state index contributed by atoms with van der Waals surface area (Å²) in [5, 5.41) is 3.89. The summed E-state index contributed by atoms with van der Waals surface area (Å²) in [5.74, 6) is -0.857. The molecule has 3 aromatic rings. The van der Waals surface area contributed by atoms with Crippen LogP contribution in [0.25, 0.3) is 0 Å². The highest BCUT2D eigenvalue weighted by atomic mass is 35.5. The molecule has 29 heavy (non-hydrogen) atoms. The standard InChI is InChI=1S/C23H19ClF2N2O/c1-14-12-21(27-19-9-6-17(25)7-10-19)20-13-18(26)8-11-22(20)28(14)23(29)15-2-4-16(24)5-3-15/h2-11,13-14,21,27H,12H2,1H3/t14-,21+/m1/s1. The van der Waals surface area contributed by atoms with Gasteiger partial charge in [0.15, 0.2) is 0 Å². The number of nitrogens with zero attached hydrogens (tertiary/aromatic N) is 1. The normalized spacial score (nSPS) is 18.3. The van der Waals surface area contributed by atoms with Crippen molar-refractivity contribution in [1.29, 1.82) is 0 Å². The van der Waals surface area contributed by atoms with Gasteiger partial charge in [0.05, 0.1) is 6.04 Å². The molecule has 0 aromatic heterocycles. The van der Waals surface area contributed by atoms with Gasteiger partial charge in [-0.15, -0.1) is 0 Å². The number of fused-ring (bicyclic) bond motifs is 1. The van der Waals surface area contributed by atoms with Crippen molar-refractivity contribution >= 4 is 28.9 Å². The molecule has 0 bridgehead atoms. The number of rotatable bonds is 3. The molecule has 148 valence electrons. The summed E-state index contributed by atoms with van der Waals surface area (Å²) >= 11 is 5.94. The maximum absolute atomic E-state index is 14.1. The Labute approximate surface area is 172 Å². The van der Waals surface area contributed by atoms with Gasteiger partial charge in [0.1, 0.15) is 11.6 Å². The largest absolute Gasteiger partial charge is 0.378 e. The second-order valence-electron chi connectivity index (χ2n) is 7.17. The average Bonchev–Trinajstić information content (AvgIpc) is 2.70. The van der Waals surface area contributed by atoms with Crippen LogP contribution in [0.5, 0.6) is 0 Å². The first-order valence-corrected chi connectivity index (χ1v) is 9.71. The van der Waals surface area contributed by atoms with Gasteiger partial charge in [0, 0.05) is 33.6 Å². The Morgan fingerprint density at radius 3 is 2.34 bits per heavy atom. The molecule has 3 aromatic carbocycles. The molecule has 1 aliphatic heterocycles. The van der Waals surface area contributed by atoms with E-state index in [4.69, 9.17) is 11.6 Å². The summed E-state index contributed by atoms with van der Waals surface area (Å²) < 4.78 is 27.3. The molecule has 1 aliphatic rings. The fourth-order valence-corrected chi connectivity index (χ4v) is 3.89. The van der Waals surface area contributed by atoms with Crippen LogP contribution in [0.3, 0.4) is 0 Å². The molecule has 0 aliphatic carbocycles. The lowest BCUT2D eigenvalue weighted by Crippen LogP contribution is -2.44. The van der Waals surface area contributed by atoms with E-state index in [1.54, 1.807) is 47.4 Å². The van der Waals surface area contributed by atoms with Crippen molar-refractivity contribution in [3.05, 3.63) is 94.5 Å². The van der Waals surface area contributed by atoms with Crippen molar-refractivity contribution in [2.45, 2.75) is 25.4 Å². The summed E-state index contributed by atoms with van der Waals surface area (Å²) in [4.78, 5) is 14.9. The first-order chi connectivity index (χ1) is 13.9. The van der Waals surface area contributed by atoms with Crippen molar-refractivity contribution in [3.63, 3.8) is 0 Å². The molecule has 0 spiro atoms. The molecule has 4 rings (SSSR count). The fourth-order valence-electron chi connectivity index (χ4n) is 3.76. The molecule has 1 N–H and O–H groups in total. The van der Waals surface area contributed by atoms with Gasteiger partial charge in [0.2, 0.25) is 0 Å². The number of benzene rings is 3. The molecule has 0 saturated heterocycles. The van der Waals surface area contributed by atoms with E-state index in [-0.39, 0.29) is 29.6 Å². The average molecular weight is 413 g/mol. The second-order valence-corrected chi connectivity index (χ2v) is 7.61. The minimum absolute atomic E-state index is 0.130. The maximum atomic E-state index is 14.1. The number of hydrogen-bond donors (Lipinski definition) is 1. The first kappa shape index (κ1) is 19.4. The van der Waals surface area contributed by atoms with E-state index in [0.717, 1.165) is 5.69 Å². The van der Waals surface area contributed by atoms with E-state index in [2.05, 4.69) is 5.32 Å². The first-order valence-electron chi connectivity index (χ1n) is 9.33. The highest BCUT2D eigenvalue weighted by molar-refractivity contribution is 6.30. The zero-order valence-corrected chi connectivity index (χ0v) is 16.5. The lowest BCUT2D eigenvalue weighted by molar-refractivity contribution is 0.0974. The topological polar surface area (TPSA) is 32.3 Å². The lowest BCUT2D eigenvalue weighted by Gasteiger charge is -2.40. The number of amides is 1. The summed E-state index contributed by atoms with van der Waals surface area (Å²) in [5.41, 5.74) is 2.59. The van der Waals surface area contributed by atoms with Crippen LogP contribution in [0, 0.1) is 11.6 Å². The van der Waals surface area contributed by atoms with E-state index >= 15 is 0 Å². The number of nitrogens with one attached hydrogen (secondary N) is 1. The Hall–Kier alpha value is -2.92. The van der Waals surface area contributed by atoms with Gasteiger partial charge in [-0.25, -0.2) is 8.78 Å². The van der Waals surface area contributed by atoms with Crippen molar-refractivity contribution in [3.8, 4) is 0 Å². The molecule has 3 nitrogen and oxygen atoms in total. The van der Waals surface area contributed by atoms with Gasteiger partial charge in [-0.05, 0) is 80.1 Å². The van der Waals surface area contributed by atoms with Crippen LogP contribution < -0.4 is 10.2 Å². The quantitative estimate of drug-likeness (QED) is 0.554. The second kappa shape index (κ2) is 7.84. The highest BCUT2D eigenvalue weighted by Crippen LogP contribution is 2.40. The number of carbonyl (C=O) groups excluding carboxylic acids is 1. The van der Waals surface area contributed by atoms with Crippen LogP contribution in [-0.2, 0) is 0 Å². The molecule has 1 amide bonds. The summed E-state index contributed by atoms with van der Waals surface area (Å²) in [6.07, 6.45) is 0.577. The third-order valence-corrected chi connectivity index (χ3v) is 5.39. The molecule has 0 saturated carbocycles. The minimum atomic E-state index is -0.372. The Morgan fingerprint density at radius 2 is 1.66 bits per heavy atom. The van der Waals surface area contributed by atoms with Gasteiger partial charge >= 0.3 is 0 Å². The molecule has 6 heteroatoms. The van der Waals surface area contributed by atoms with Crippen LogP contribution >= 0.6 is 11.6 Å². The SMILES string of the molecule is C[C@@H]1C[C@H](Nc2ccc(F)cc2)c2cc(F)ccc2N1C(=O)c1ccc(Cl)cc1. The summed E-state index contributed by atoms with van der Waals surface area (Å²) in [6, 6.07) is 16.8. The molecule has 1 heterocycles. The van der Waals surface area contributed by atoms with Crippen molar-refractivity contribution in [2.24, 2.45) is 0 Å². The summed E-state index contributed by atoms with van der Waals surface area (Å²) in [6.45, 7) is 1.96. The molecule has 2 atom stereocenters. The predicted octanol–water partition coefficient (Wildman–Crippen LogP) is 6.21. The van der Waals surface area contributed by atoms with E-state index < -0.39 is 0 Å². The molecule has 0 fully saturated rings. The molecule has 0 radical (unpaired) electrons. The molecular formula is C23H19ClF2N2O. The van der Waals surface area contributed by atoms with Crippen LogP contribution in [0.4, 0.5) is 20.2 Å². The Bertz CT molecular complexity index is 1040. The van der Waals surface area contributed by atoms with Gasteiger partial charge in [-0.1, -0.05) is 11.6 Å². The fraction of sp³-hybridized carbons (Fsp3) is 0.174. The van der Waals surface area contributed by atoms with E-state index in [1.165, 1.54) is 24.3 Å². The van der Waals surface area contributed by atoms with Gasteiger partial charge in [-0.2, -0.15) is 0 Å². The highest BCUT2D eigenvalue weighted by Gasteiger charge is 2.34. The third kappa shape index (κ3) is 3.96. The Kier molecular flexibility index (Phi) is 5.24. The predicted molar refractivity (Wildman–Crippen MR) is 112 cm³/mol. The summed E-state index contributed by atoms with van der Waals surface area (Å²) in [7, 11) is 0. The number of hydrogen-bond acceptors (Lipinski definition) is 2. The van der Waals surface area contributed by atoms with Crippen LogP contribution in [0.15, 0.2) is 66.7 Å². The van der Waals surface area contributed by atoms with Crippen molar-refractivity contribution in [2.75, 3.05) is 10.2 Å². The number of halogens is 3. The lowest BCUT2D eigenvalue weighted by atomic mass is 9.90. The Balaban J connectivity index is 1.70. The van der Waals surface area contributed by atoms with Crippen molar-refractivity contribution < 1.29 is 13.6 Å². The van der Waals surface area contributed by atoms with Gasteiger partial charge < -0.3 is 10.2 Å². The van der Waals surface area contributed by atoms with Crippen molar-refractivity contribution in [1.82, 2.24) is 0 Å². The van der Waals surface area contributed by atoms with Gasteiger partial charge in [0.25, 0.3) is 5.91 Å². The van der Waals surface area contributed by atoms with Crippen LogP contribution in [0.1, 0.15) is 35.3 Å². The van der Waals surface area contributed by atoms with Crippen LogP contribution in [0.2, 0.25) is 5.02 Å². The smallest absolute Gasteiger partial charge is 0.258 e. The number of carbonyl (C=O) groups is 1. The zero-order valence-electron chi connectivity index (χ0n) is 15.7. The van der Waals surface area contributed by atoms with E-state index in [1.807, 2.05) is 6.92 Å². The molecular weight excluding hydrogens is 394 g/mol. The van der Waals surface area contributed by atoms with Gasteiger partial charge in [-0.3, -0.25) is 4.79 Å². The monoisotopic (exact) mass is 412 g/mol. The Morgan fingerprint density at radius 1 is 1.00 bits per heavy atom. The third-order valence-electron chi connectivity index (χ3n) is 5.14. The maximum Gasteiger partial charge on any atom is 0.258 e.